The quantitative estimate of drug-likeness (QED) is 0.742. The molecule has 0 aliphatic carbocycles. The van der Waals surface area contributed by atoms with Crippen molar-refractivity contribution in [2.24, 2.45) is 5.92 Å². The van der Waals surface area contributed by atoms with Gasteiger partial charge in [-0.05, 0) is 43.2 Å². The highest BCUT2D eigenvalue weighted by molar-refractivity contribution is 5.54. The Labute approximate surface area is 99.5 Å². The Morgan fingerprint density at radius 2 is 1.75 bits per heavy atom. The first-order valence-corrected chi connectivity index (χ1v) is 6.60. The van der Waals surface area contributed by atoms with Crippen LogP contribution in [0.5, 0.6) is 0 Å². The number of benzene rings is 1. The van der Waals surface area contributed by atoms with Gasteiger partial charge in [-0.1, -0.05) is 32.0 Å². The van der Waals surface area contributed by atoms with E-state index in [9.17, 15) is 0 Å². The molecule has 0 spiro atoms. The maximum absolute atomic E-state index is 2.57. The third-order valence-electron chi connectivity index (χ3n) is 3.32. The minimum atomic E-state index is 0.742. The Morgan fingerprint density at radius 1 is 1.06 bits per heavy atom. The molecule has 0 amide bonds. The third kappa shape index (κ3) is 2.78. The first-order valence-electron chi connectivity index (χ1n) is 6.60. The van der Waals surface area contributed by atoms with Gasteiger partial charge in [-0.2, -0.15) is 0 Å². The maximum atomic E-state index is 2.57. The standard InChI is InChI=1S/C15H23N/c1-13(2)12-14-8-4-5-9-15(14)16-10-6-3-7-11-16/h4-5,8-9,13H,3,6-7,10-12H2,1-2H3. The number of rotatable bonds is 3. The predicted octanol–water partition coefficient (Wildman–Crippen LogP) is 3.88. The highest BCUT2D eigenvalue weighted by Gasteiger charge is 2.14. The highest BCUT2D eigenvalue weighted by atomic mass is 15.1. The molecular weight excluding hydrogens is 194 g/mol. The van der Waals surface area contributed by atoms with Crippen molar-refractivity contribution < 1.29 is 0 Å². The summed E-state index contributed by atoms with van der Waals surface area (Å²) in [5, 5.41) is 0. The molecule has 1 heterocycles. The van der Waals surface area contributed by atoms with Gasteiger partial charge >= 0.3 is 0 Å². The molecule has 0 radical (unpaired) electrons. The van der Waals surface area contributed by atoms with Crippen molar-refractivity contribution in [1.29, 1.82) is 0 Å². The van der Waals surface area contributed by atoms with E-state index < -0.39 is 0 Å². The van der Waals surface area contributed by atoms with Crippen LogP contribution in [0, 0.1) is 5.92 Å². The van der Waals surface area contributed by atoms with Gasteiger partial charge in [0.2, 0.25) is 0 Å². The Morgan fingerprint density at radius 3 is 2.44 bits per heavy atom. The second kappa shape index (κ2) is 5.38. The zero-order valence-electron chi connectivity index (χ0n) is 10.6. The first kappa shape index (κ1) is 11.5. The summed E-state index contributed by atoms with van der Waals surface area (Å²) in [6.45, 7) is 7.09. The molecule has 16 heavy (non-hydrogen) atoms. The van der Waals surface area contributed by atoms with E-state index in [0.29, 0.717) is 0 Å². The van der Waals surface area contributed by atoms with Crippen LogP contribution in [0.15, 0.2) is 24.3 Å². The Balaban J connectivity index is 2.17. The van der Waals surface area contributed by atoms with Crippen molar-refractivity contribution in [1.82, 2.24) is 0 Å². The molecule has 0 atom stereocenters. The lowest BCUT2D eigenvalue weighted by Crippen LogP contribution is -2.30. The Hall–Kier alpha value is -0.980. The molecule has 0 bridgehead atoms. The first-order chi connectivity index (χ1) is 7.77. The van der Waals surface area contributed by atoms with E-state index in [1.54, 1.807) is 0 Å². The van der Waals surface area contributed by atoms with Gasteiger partial charge in [-0.3, -0.25) is 0 Å². The fourth-order valence-corrected chi connectivity index (χ4v) is 2.57. The molecule has 0 aromatic heterocycles. The molecule has 1 fully saturated rings. The van der Waals surface area contributed by atoms with Crippen LogP contribution in [0.25, 0.3) is 0 Å². The molecule has 1 saturated heterocycles. The lowest BCUT2D eigenvalue weighted by Gasteiger charge is -2.31. The molecule has 1 aromatic carbocycles. The van der Waals surface area contributed by atoms with E-state index in [1.165, 1.54) is 50.0 Å². The van der Waals surface area contributed by atoms with E-state index >= 15 is 0 Å². The van der Waals surface area contributed by atoms with Crippen LogP contribution >= 0.6 is 0 Å². The van der Waals surface area contributed by atoms with Crippen LogP contribution in [-0.2, 0) is 6.42 Å². The van der Waals surface area contributed by atoms with Crippen LogP contribution in [-0.4, -0.2) is 13.1 Å². The minimum Gasteiger partial charge on any atom is -0.371 e. The molecule has 88 valence electrons. The van der Waals surface area contributed by atoms with Crippen LogP contribution in [0.2, 0.25) is 0 Å². The van der Waals surface area contributed by atoms with Gasteiger partial charge < -0.3 is 4.90 Å². The van der Waals surface area contributed by atoms with E-state index in [2.05, 4.69) is 43.0 Å². The van der Waals surface area contributed by atoms with E-state index in [0.717, 1.165) is 5.92 Å². The second-order valence-electron chi connectivity index (χ2n) is 5.27. The highest BCUT2D eigenvalue weighted by Crippen LogP contribution is 2.25. The zero-order valence-corrected chi connectivity index (χ0v) is 10.6. The van der Waals surface area contributed by atoms with Gasteiger partial charge in [-0.25, -0.2) is 0 Å². The van der Waals surface area contributed by atoms with Gasteiger partial charge in [-0.15, -0.1) is 0 Å². The average Bonchev–Trinajstić information content (AvgIpc) is 2.30. The molecule has 0 unspecified atom stereocenters. The SMILES string of the molecule is CC(C)Cc1ccccc1N1CCCCC1. The summed E-state index contributed by atoms with van der Waals surface area (Å²) in [4.78, 5) is 2.57. The largest absolute Gasteiger partial charge is 0.371 e. The lowest BCUT2D eigenvalue weighted by molar-refractivity contribution is 0.572. The summed E-state index contributed by atoms with van der Waals surface area (Å²) < 4.78 is 0. The number of piperidine rings is 1. The summed E-state index contributed by atoms with van der Waals surface area (Å²) in [7, 11) is 0. The molecular formula is C15H23N. The van der Waals surface area contributed by atoms with Crippen LogP contribution in [0.1, 0.15) is 38.7 Å². The van der Waals surface area contributed by atoms with E-state index in [1.807, 2.05) is 0 Å². The smallest absolute Gasteiger partial charge is 0.0398 e. The molecule has 1 aliphatic heterocycles. The van der Waals surface area contributed by atoms with Crippen LogP contribution in [0.4, 0.5) is 5.69 Å². The number of anilines is 1. The van der Waals surface area contributed by atoms with Crippen molar-refractivity contribution in [3.05, 3.63) is 29.8 Å². The summed E-state index contributed by atoms with van der Waals surface area (Å²) in [5.74, 6) is 0.742. The summed E-state index contributed by atoms with van der Waals surface area (Å²) in [6.07, 6.45) is 5.32. The van der Waals surface area contributed by atoms with Crippen LogP contribution < -0.4 is 4.90 Å². The van der Waals surface area contributed by atoms with Gasteiger partial charge in [0.1, 0.15) is 0 Å². The summed E-state index contributed by atoms with van der Waals surface area (Å²) >= 11 is 0. The molecule has 1 aliphatic rings. The fourth-order valence-electron chi connectivity index (χ4n) is 2.57. The molecule has 2 rings (SSSR count). The maximum Gasteiger partial charge on any atom is 0.0398 e. The number of nitrogens with zero attached hydrogens (tertiary/aromatic N) is 1. The Kier molecular flexibility index (Phi) is 3.87. The average molecular weight is 217 g/mol. The minimum absolute atomic E-state index is 0.742. The Bertz CT molecular complexity index is 324. The van der Waals surface area contributed by atoms with Gasteiger partial charge in [0.15, 0.2) is 0 Å². The summed E-state index contributed by atoms with van der Waals surface area (Å²) in [6, 6.07) is 8.94. The van der Waals surface area contributed by atoms with Crippen molar-refractivity contribution in [2.45, 2.75) is 39.5 Å². The van der Waals surface area contributed by atoms with Gasteiger partial charge in [0.05, 0.1) is 0 Å². The third-order valence-corrected chi connectivity index (χ3v) is 3.32. The van der Waals surface area contributed by atoms with Gasteiger partial charge in [0.25, 0.3) is 0 Å². The monoisotopic (exact) mass is 217 g/mol. The second-order valence-corrected chi connectivity index (χ2v) is 5.27. The van der Waals surface area contributed by atoms with Gasteiger partial charge in [0, 0.05) is 18.8 Å². The van der Waals surface area contributed by atoms with Crippen LogP contribution in [0.3, 0.4) is 0 Å². The van der Waals surface area contributed by atoms with Crippen molar-refractivity contribution in [3.63, 3.8) is 0 Å². The fraction of sp³-hybridized carbons (Fsp3) is 0.600. The lowest BCUT2D eigenvalue weighted by atomic mass is 9.99. The number of hydrogen-bond donors (Lipinski definition) is 0. The summed E-state index contributed by atoms with van der Waals surface area (Å²) in [5.41, 5.74) is 3.01. The normalized spacial score (nSPS) is 16.8. The molecule has 0 saturated carbocycles. The predicted molar refractivity (Wildman–Crippen MR) is 71.0 cm³/mol. The van der Waals surface area contributed by atoms with Crippen molar-refractivity contribution in [3.8, 4) is 0 Å². The van der Waals surface area contributed by atoms with E-state index in [-0.39, 0.29) is 0 Å². The van der Waals surface area contributed by atoms with Crippen molar-refractivity contribution in [2.75, 3.05) is 18.0 Å². The molecule has 1 nitrogen and oxygen atoms in total. The number of para-hydroxylation sites is 1. The zero-order chi connectivity index (χ0) is 11.4. The number of hydrogen-bond acceptors (Lipinski definition) is 1. The van der Waals surface area contributed by atoms with E-state index in [4.69, 9.17) is 0 Å². The van der Waals surface area contributed by atoms with Crippen molar-refractivity contribution >= 4 is 5.69 Å². The topological polar surface area (TPSA) is 3.24 Å². The molecule has 1 heteroatoms. The molecule has 0 N–H and O–H groups in total. The molecule has 1 aromatic rings.